The van der Waals surface area contributed by atoms with Gasteiger partial charge >= 0.3 is 0 Å². The summed E-state index contributed by atoms with van der Waals surface area (Å²) in [6, 6.07) is 13.0. The molecule has 2 aromatic carbocycles. The van der Waals surface area contributed by atoms with E-state index in [4.69, 9.17) is 9.47 Å². The Balaban J connectivity index is 2.12. The molecule has 1 aliphatic rings. The van der Waals surface area contributed by atoms with E-state index in [1.807, 2.05) is 7.05 Å². The fourth-order valence-electron chi connectivity index (χ4n) is 2.72. The fourth-order valence-corrected chi connectivity index (χ4v) is 3.88. The van der Waals surface area contributed by atoms with Gasteiger partial charge in [-0.1, -0.05) is 30.0 Å². The van der Waals surface area contributed by atoms with Crippen LogP contribution in [0.5, 0.6) is 11.5 Å². The van der Waals surface area contributed by atoms with E-state index in [2.05, 4.69) is 41.7 Å². The molecule has 0 fully saturated rings. The van der Waals surface area contributed by atoms with Gasteiger partial charge in [0.1, 0.15) is 0 Å². The second kappa shape index (κ2) is 6.00. The van der Waals surface area contributed by atoms with Crippen molar-refractivity contribution in [3.8, 4) is 11.5 Å². The average molecular weight is 301 g/mol. The van der Waals surface area contributed by atoms with Crippen molar-refractivity contribution in [2.24, 2.45) is 0 Å². The molecule has 0 saturated carbocycles. The molecule has 0 spiro atoms. The lowest BCUT2D eigenvalue weighted by molar-refractivity contribution is 0.353. The van der Waals surface area contributed by atoms with E-state index < -0.39 is 0 Å². The SMILES string of the molecule is CNC1Cc2cc(OC)c(OC)cc2Sc2ccccc21. The highest BCUT2D eigenvalue weighted by atomic mass is 32.2. The molecule has 1 atom stereocenters. The summed E-state index contributed by atoms with van der Waals surface area (Å²) in [5.41, 5.74) is 2.63. The molecule has 0 amide bonds. The first-order chi connectivity index (χ1) is 10.3. The molecule has 4 heteroatoms. The van der Waals surface area contributed by atoms with Gasteiger partial charge in [-0.2, -0.15) is 0 Å². The van der Waals surface area contributed by atoms with Crippen LogP contribution >= 0.6 is 11.8 Å². The summed E-state index contributed by atoms with van der Waals surface area (Å²) in [5.74, 6) is 1.57. The standard InChI is InChI=1S/C17H19NO2S/c1-18-13-8-11-9-14(19-2)15(20-3)10-17(11)21-16-7-5-4-6-12(13)16/h4-7,9-10,13,18H,8H2,1-3H3. The lowest BCUT2D eigenvalue weighted by atomic mass is 9.99. The molecule has 0 aromatic heterocycles. The molecule has 1 aliphatic heterocycles. The molecule has 3 rings (SSSR count). The van der Waals surface area contributed by atoms with Crippen molar-refractivity contribution in [2.45, 2.75) is 22.3 Å². The summed E-state index contributed by atoms with van der Waals surface area (Å²) in [6.45, 7) is 0. The van der Waals surface area contributed by atoms with Crippen LogP contribution in [0.4, 0.5) is 0 Å². The molecule has 21 heavy (non-hydrogen) atoms. The number of fused-ring (bicyclic) bond motifs is 2. The van der Waals surface area contributed by atoms with Crippen LogP contribution in [-0.2, 0) is 6.42 Å². The lowest BCUT2D eigenvalue weighted by Crippen LogP contribution is -2.18. The number of ether oxygens (including phenoxy) is 2. The van der Waals surface area contributed by atoms with Crippen molar-refractivity contribution in [3.05, 3.63) is 47.5 Å². The zero-order chi connectivity index (χ0) is 14.8. The van der Waals surface area contributed by atoms with Crippen molar-refractivity contribution >= 4 is 11.8 Å². The fraction of sp³-hybridized carbons (Fsp3) is 0.294. The third-order valence-corrected chi connectivity index (χ3v) is 5.05. The van der Waals surface area contributed by atoms with Gasteiger partial charge in [-0.3, -0.25) is 0 Å². The van der Waals surface area contributed by atoms with E-state index in [0.717, 1.165) is 17.9 Å². The number of benzene rings is 2. The molecule has 110 valence electrons. The van der Waals surface area contributed by atoms with Gasteiger partial charge in [0.05, 0.1) is 14.2 Å². The maximum atomic E-state index is 5.43. The van der Waals surface area contributed by atoms with Gasteiger partial charge in [0, 0.05) is 15.8 Å². The molecule has 0 bridgehead atoms. The zero-order valence-electron chi connectivity index (χ0n) is 12.5. The minimum absolute atomic E-state index is 0.313. The largest absolute Gasteiger partial charge is 0.493 e. The predicted octanol–water partition coefficient (Wildman–Crippen LogP) is 3.67. The summed E-state index contributed by atoms with van der Waals surface area (Å²) in [5, 5.41) is 3.42. The monoisotopic (exact) mass is 301 g/mol. The highest BCUT2D eigenvalue weighted by Gasteiger charge is 2.23. The van der Waals surface area contributed by atoms with Gasteiger partial charge in [0.15, 0.2) is 11.5 Å². The Morgan fingerprint density at radius 1 is 1.05 bits per heavy atom. The van der Waals surface area contributed by atoms with Crippen LogP contribution < -0.4 is 14.8 Å². The summed E-state index contributed by atoms with van der Waals surface area (Å²) in [6.07, 6.45) is 0.941. The Bertz CT molecular complexity index is 657. The summed E-state index contributed by atoms with van der Waals surface area (Å²) < 4.78 is 10.9. The first-order valence-electron chi connectivity index (χ1n) is 6.95. The number of hydrogen-bond donors (Lipinski definition) is 1. The van der Waals surface area contributed by atoms with Gasteiger partial charge in [-0.15, -0.1) is 0 Å². The average Bonchev–Trinajstić information content (AvgIpc) is 2.69. The molecule has 0 aliphatic carbocycles. The Labute approximate surface area is 129 Å². The molecular formula is C17H19NO2S. The molecular weight excluding hydrogens is 282 g/mol. The Hall–Kier alpha value is -1.65. The molecule has 0 saturated heterocycles. The summed E-state index contributed by atoms with van der Waals surface area (Å²) in [7, 11) is 5.37. The van der Waals surface area contributed by atoms with Crippen LogP contribution in [0, 0.1) is 0 Å². The third kappa shape index (κ3) is 2.61. The predicted molar refractivity (Wildman–Crippen MR) is 85.6 cm³/mol. The Morgan fingerprint density at radius 2 is 1.76 bits per heavy atom. The van der Waals surface area contributed by atoms with E-state index in [-0.39, 0.29) is 0 Å². The molecule has 0 radical (unpaired) electrons. The van der Waals surface area contributed by atoms with Crippen molar-refractivity contribution in [2.75, 3.05) is 21.3 Å². The van der Waals surface area contributed by atoms with Crippen molar-refractivity contribution in [1.82, 2.24) is 5.32 Å². The smallest absolute Gasteiger partial charge is 0.161 e. The topological polar surface area (TPSA) is 30.5 Å². The molecule has 1 N–H and O–H groups in total. The third-order valence-electron chi connectivity index (χ3n) is 3.85. The molecule has 1 heterocycles. The van der Waals surface area contributed by atoms with E-state index >= 15 is 0 Å². The quantitative estimate of drug-likeness (QED) is 0.937. The van der Waals surface area contributed by atoms with Crippen LogP contribution in [0.3, 0.4) is 0 Å². The lowest BCUT2D eigenvalue weighted by Gasteiger charge is -2.17. The molecule has 1 unspecified atom stereocenters. The van der Waals surface area contributed by atoms with Gasteiger partial charge < -0.3 is 14.8 Å². The summed E-state index contributed by atoms with van der Waals surface area (Å²) in [4.78, 5) is 2.53. The first kappa shape index (κ1) is 14.3. The number of rotatable bonds is 3. The van der Waals surface area contributed by atoms with Crippen LogP contribution in [0.25, 0.3) is 0 Å². The highest BCUT2D eigenvalue weighted by molar-refractivity contribution is 7.99. The minimum atomic E-state index is 0.313. The number of methoxy groups -OCH3 is 2. The Morgan fingerprint density at radius 3 is 2.48 bits per heavy atom. The zero-order valence-corrected chi connectivity index (χ0v) is 13.3. The van der Waals surface area contributed by atoms with Crippen LogP contribution in [0.2, 0.25) is 0 Å². The Kier molecular flexibility index (Phi) is 4.08. The van der Waals surface area contributed by atoms with Crippen LogP contribution in [0.1, 0.15) is 17.2 Å². The van der Waals surface area contributed by atoms with E-state index in [1.165, 1.54) is 20.9 Å². The van der Waals surface area contributed by atoms with Crippen LogP contribution in [-0.4, -0.2) is 21.3 Å². The van der Waals surface area contributed by atoms with Crippen LogP contribution in [0.15, 0.2) is 46.2 Å². The number of hydrogen-bond acceptors (Lipinski definition) is 4. The molecule has 2 aromatic rings. The summed E-state index contributed by atoms with van der Waals surface area (Å²) >= 11 is 1.80. The number of nitrogens with one attached hydrogen (secondary N) is 1. The second-order valence-corrected chi connectivity index (χ2v) is 6.08. The van der Waals surface area contributed by atoms with Gasteiger partial charge in [-0.25, -0.2) is 0 Å². The van der Waals surface area contributed by atoms with Gasteiger partial charge in [-0.05, 0) is 42.8 Å². The number of likely N-dealkylation sites (N-methyl/N-ethyl adjacent to an activating group) is 1. The maximum absolute atomic E-state index is 5.43. The van der Waals surface area contributed by atoms with Gasteiger partial charge in [0.2, 0.25) is 0 Å². The van der Waals surface area contributed by atoms with Crippen molar-refractivity contribution < 1.29 is 9.47 Å². The van der Waals surface area contributed by atoms with Gasteiger partial charge in [0.25, 0.3) is 0 Å². The molecule has 3 nitrogen and oxygen atoms in total. The highest BCUT2D eigenvalue weighted by Crippen LogP contribution is 2.44. The van der Waals surface area contributed by atoms with E-state index in [9.17, 15) is 0 Å². The van der Waals surface area contributed by atoms with Crippen molar-refractivity contribution in [3.63, 3.8) is 0 Å². The second-order valence-electron chi connectivity index (χ2n) is 5.00. The first-order valence-corrected chi connectivity index (χ1v) is 7.77. The van der Waals surface area contributed by atoms with E-state index in [1.54, 1.807) is 26.0 Å². The minimum Gasteiger partial charge on any atom is -0.493 e. The maximum Gasteiger partial charge on any atom is 0.161 e. The normalized spacial score (nSPS) is 16.6. The van der Waals surface area contributed by atoms with E-state index in [0.29, 0.717) is 6.04 Å². The van der Waals surface area contributed by atoms with Crippen molar-refractivity contribution in [1.29, 1.82) is 0 Å².